The maximum Gasteiger partial charge on any atom is 0.328 e. The van der Waals surface area contributed by atoms with Crippen molar-refractivity contribution in [2.24, 2.45) is 5.92 Å². The number of carbonyl (C=O) groups excluding carboxylic acids is 2. The SMILES string of the molecule is C=CCC(NC(=O)C(C)C)C(=O)OCC. The molecule has 0 spiro atoms. The van der Waals surface area contributed by atoms with Crippen molar-refractivity contribution in [1.82, 2.24) is 5.32 Å². The van der Waals surface area contributed by atoms with E-state index in [0.717, 1.165) is 0 Å². The number of nitrogens with one attached hydrogen (secondary N) is 1. The van der Waals surface area contributed by atoms with Gasteiger partial charge >= 0.3 is 5.97 Å². The zero-order valence-corrected chi connectivity index (χ0v) is 9.58. The average Bonchev–Trinajstić information content (AvgIpc) is 2.17. The van der Waals surface area contributed by atoms with Gasteiger partial charge < -0.3 is 10.1 Å². The fourth-order valence-corrected chi connectivity index (χ4v) is 0.962. The van der Waals surface area contributed by atoms with Gasteiger partial charge in [0.15, 0.2) is 0 Å². The van der Waals surface area contributed by atoms with E-state index in [1.807, 2.05) is 0 Å². The van der Waals surface area contributed by atoms with Crippen LogP contribution in [0, 0.1) is 5.92 Å². The molecule has 0 aromatic rings. The van der Waals surface area contributed by atoms with Gasteiger partial charge in [-0.1, -0.05) is 19.9 Å². The van der Waals surface area contributed by atoms with Crippen LogP contribution in [0.25, 0.3) is 0 Å². The van der Waals surface area contributed by atoms with Crippen molar-refractivity contribution in [2.75, 3.05) is 6.61 Å². The molecule has 0 heterocycles. The first-order valence-electron chi connectivity index (χ1n) is 5.10. The summed E-state index contributed by atoms with van der Waals surface area (Å²) in [6.07, 6.45) is 1.97. The lowest BCUT2D eigenvalue weighted by Gasteiger charge is -2.16. The van der Waals surface area contributed by atoms with E-state index < -0.39 is 12.0 Å². The molecule has 0 radical (unpaired) electrons. The van der Waals surface area contributed by atoms with Crippen LogP contribution in [0.3, 0.4) is 0 Å². The summed E-state index contributed by atoms with van der Waals surface area (Å²) in [5.74, 6) is -0.715. The van der Waals surface area contributed by atoms with Gasteiger partial charge in [-0.05, 0) is 13.3 Å². The molecule has 0 fully saturated rings. The van der Waals surface area contributed by atoms with Crippen molar-refractivity contribution in [2.45, 2.75) is 33.2 Å². The summed E-state index contributed by atoms with van der Waals surface area (Å²) in [5.41, 5.74) is 0. The molecule has 4 nitrogen and oxygen atoms in total. The summed E-state index contributed by atoms with van der Waals surface area (Å²) in [6.45, 7) is 9.11. The first-order valence-corrected chi connectivity index (χ1v) is 5.10. The highest BCUT2D eigenvalue weighted by molar-refractivity contribution is 5.85. The number of hydrogen-bond acceptors (Lipinski definition) is 3. The fourth-order valence-electron chi connectivity index (χ4n) is 0.962. The highest BCUT2D eigenvalue weighted by Crippen LogP contribution is 2.00. The quantitative estimate of drug-likeness (QED) is 0.534. The second-order valence-electron chi connectivity index (χ2n) is 3.49. The molecule has 86 valence electrons. The van der Waals surface area contributed by atoms with Gasteiger partial charge in [0.1, 0.15) is 6.04 Å². The van der Waals surface area contributed by atoms with Crippen molar-refractivity contribution in [1.29, 1.82) is 0 Å². The van der Waals surface area contributed by atoms with Gasteiger partial charge in [0.05, 0.1) is 6.61 Å². The maximum absolute atomic E-state index is 11.4. The van der Waals surface area contributed by atoms with Gasteiger partial charge in [0, 0.05) is 5.92 Å². The molecule has 0 saturated heterocycles. The van der Waals surface area contributed by atoms with E-state index in [0.29, 0.717) is 13.0 Å². The van der Waals surface area contributed by atoms with Crippen LogP contribution in [0.5, 0.6) is 0 Å². The number of amides is 1. The fraction of sp³-hybridized carbons (Fsp3) is 0.636. The molecule has 1 unspecified atom stereocenters. The van der Waals surface area contributed by atoms with Crippen molar-refractivity contribution in [3.63, 3.8) is 0 Å². The van der Waals surface area contributed by atoms with E-state index in [4.69, 9.17) is 4.74 Å². The highest BCUT2D eigenvalue weighted by atomic mass is 16.5. The van der Waals surface area contributed by atoms with Crippen LogP contribution in [0.1, 0.15) is 27.2 Å². The smallest absolute Gasteiger partial charge is 0.328 e. The lowest BCUT2D eigenvalue weighted by atomic mass is 10.1. The minimum absolute atomic E-state index is 0.147. The summed E-state index contributed by atoms with van der Waals surface area (Å²) in [7, 11) is 0. The second kappa shape index (κ2) is 7.04. The maximum atomic E-state index is 11.4. The van der Waals surface area contributed by atoms with Crippen LogP contribution in [-0.4, -0.2) is 24.5 Å². The third-order valence-corrected chi connectivity index (χ3v) is 1.81. The number of carbonyl (C=O) groups is 2. The Morgan fingerprint density at radius 3 is 2.47 bits per heavy atom. The van der Waals surface area contributed by atoms with Gasteiger partial charge in [0.25, 0.3) is 0 Å². The normalized spacial score (nSPS) is 12.0. The molecule has 0 aliphatic carbocycles. The molecule has 0 aliphatic rings. The monoisotopic (exact) mass is 213 g/mol. The summed E-state index contributed by atoms with van der Waals surface area (Å²) < 4.78 is 4.84. The van der Waals surface area contributed by atoms with E-state index in [-0.39, 0.29) is 11.8 Å². The van der Waals surface area contributed by atoms with E-state index >= 15 is 0 Å². The van der Waals surface area contributed by atoms with Crippen LogP contribution >= 0.6 is 0 Å². The van der Waals surface area contributed by atoms with Crippen molar-refractivity contribution in [3.8, 4) is 0 Å². The van der Waals surface area contributed by atoms with E-state index in [1.165, 1.54) is 0 Å². The predicted molar refractivity (Wildman–Crippen MR) is 58.2 cm³/mol. The molecule has 1 N–H and O–H groups in total. The molecule has 0 rings (SSSR count). The Morgan fingerprint density at radius 2 is 2.07 bits per heavy atom. The Balaban J connectivity index is 4.32. The summed E-state index contributed by atoms with van der Waals surface area (Å²) in [4.78, 5) is 22.8. The molecule has 1 atom stereocenters. The third-order valence-electron chi connectivity index (χ3n) is 1.81. The number of rotatable bonds is 6. The minimum atomic E-state index is -0.614. The summed E-state index contributed by atoms with van der Waals surface area (Å²) >= 11 is 0. The average molecular weight is 213 g/mol. The number of esters is 1. The summed E-state index contributed by atoms with van der Waals surface area (Å²) in [6, 6.07) is -0.614. The van der Waals surface area contributed by atoms with E-state index in [1.54, 1.807) is 26.8 Å². The molecule has 4 heteroatoms. The molecule has 0 bridgehead atoms. The van der Waals surface area contributed by atoms with Crippen molar-refractivity contribution < 1.29 is 14.3 Å². The molecular weight excluding hydrogens is 194 g/mol. The predicted octanol–water partition coefficient (Wildman–Crippen LogP) is 1.27. The molecule has 0 saturated carbocycles. The topological polar surface area (TPSA) is 55.4 Å². The number of ether oxygens (including phenoxy) is 1. The standard InChI is InChI=1S/C11H19NO3/c1-5-7-9(11(14)15-6-2)12-10(13)8(3)4/h5,8-9H,1,6-7H2,2-4H3,(H,12,13). The van der Waals surface area contributed by atoms with Crippen LogP contribution in [0.2, 0.25) is 0 Å². The Hall–Kier alpha value is -1.32. The van der Waals surface area contributed by atoms with Gasteiger partial charge in [-0.25, -0.2) is 4.79 Å². The van der Waals surface area contributed by atoms with E-state index in [9.17, 15) is 9.59 Å². The van der Waals surface area contributed by atoms with Crippen molar-refractivity contribution >= 4 is 11.9 Å². The molecular formula is C11H19NO3. The molecule has 15 heavy (non-hydrogen) atoms. The Labute approximate surface area is 90.7 Å². The Morgan fingerprint density at radius 1 is 1.47 bits per heavy atom. The van der Waals surface area contributed by atoms with Crippen LogP contribution in [-0.2, 0) is 14.3 Å². The zero-order chi connectivity index (χ0) is 11.8. The number of hydrogen-bond donors (Lipinski definition) is 1. The lowest BCUT2D eigenvalue weighted by Crippen LogP contribution is -2.43. The van der Waals surface area contributed by atoms with Crippen molar-refractivity contribution in [3.05, 3.63) is 12.7 Å². The van der Waals surface area contributed by atoms with Gasteiger partial charge in [-0.15, -0.1) is 6.58 Å². The lowest BCUT2D eigenvalue weighted by molar-refractivity contribution is -0.147. The minimum Gasteiger partial charge on any atom is -0.464 e. The Bertz CT molecular complexity index is 236. The largest absolute Gasteiger partial charge is 0.464 e. The first kappa shape index (κ1) is 13.7. The van der Waals surface area contributed by atoms with Crippen LogP contribution in [0.15, 0.2) is 12.7 Å². The molecule has 0 aromatic heterocycles. The third kappa shape index (κ3) is 5.20. The molecule has 0 aliphatic heterocycles. The molecule has 0 aromatic carbocycles. The molecule has 1 amide bonds. The van der Waals surface area contributed by atoms with Gasteiger partial charge in [-0.2, -0.15) is 0 Å². The van der Waals surface area contributed by atoms with Crippen LogP contribution < -0.4 is 5.32 Å². The van der Waals surface area contributed by atoms with Gasteiger partial charge in [0.2, 0.25) is 5.91 Å². The highest BCUT2D eigenvalue weighted by Gasteiger charge is 2.21. The second-order valence-corrected chi connectivity index (χ2v) is 3.49. The van der Waals surface area contributed by atoms with E-state index in [2.05, 4.69) is 11.9 Å². The first-order chi connectivity index (χ1) is 7.02. The summed E-state index contributed by atoms with van der Waals surface area (Å²) in [5, 5.41) is 2.62. The zero-order valence-electron chi connectivity index (χ0n) is 9.58. The van der Waals surface area contributed by atoms with Crippen LogP contribution in [0.4, 0.5) is 0 Å². The van der Waals surface area contributed by atoms with Gasteiger partial charge in [-0.3, -0.25) is 4.79 Å². The Kier molecular flexibility index (Phi) is 6.42.